The van der Waals surface area contributed by atoms with Crippen LogP contribution in [0.25, 0.3) is 0 Å². The largest absolute Gasteiger partial charge is 0.433 e. The Bertz CT molecular complexity index is 864. The number of hydrogen-bond donors (Lipinski definition) is 1. The Kier molecular flexibility index (Phi) is 6.14. The van der Waals surface area contributed by atoms with E-state index >= 15 is 0 Å². The topological polar surface area (TPSA) is 58.6 Å². The first-order chi connectivity index (χ1) is 13.3. The lowest BCUT2D eigenvalue weighted by molar-refractivity contribution is -0.129. The molecule has 1 aliphatic heterocycles. The van der Waals surface area contributed by atoms with E-state index in [4.69, 9.17) is 11.6 Å². The molecule has 1 aliphatic rings. The summed E-state index contributed by atoms with van der Waals surface area (Å²) in [5.74, 6) is -1.09. The van der Waals surface area contributed by atoms with Crippen molar-refractivity contribution >= 4 is 29.1 Å². The molecule has 0 bridgehead atoms. The number of nitrogens with one attached hydrogen (secondary N) is 1. The Labute approximate surface area is 166 Å². The molecule has 1 N–H and O–H groups in total. The Morgan fingerprint density at radius 2 is 1.96 bits per heavy atom. The number of benzene rings is 2. The second-order valence-corrected chi connectivity index (χ2v) is 6.95. The molecule has 0 saturated carbocycles. The van der Waals surface area contributed by atoms with E-state index in [1.54, 1.807) is 4.90 Å². The van der Waals surface area contributed by atoms with Crippen molar-refractivity contribution in [3.05, 3.63) is 59.1 Å². The van der Waals surface area contributed by atoms with E-state index in [1.165, 1.54) is 18.2 Å². The van der Waals surface area contributed by atoms with Gasteiger partial charge >= 0.3 is 6.61 Å². The lowest BCUT2D eigenvalue weighted by atomic mass is 10.1. The molecule has 0 aliphatic carbocycles. The maximum Gasteiger partial charge on any atom is 0.387 e. The summed E-state index contributed by atoms with van der Waals surface area (Å²) in [6, 6.07) is 13.5. The van der Waals surface area contributed by atoms with Gasteiger partial charge in [-0.1, -0.05) is 41.9 Å². The number of ether oxygens (including phenoxy) is 1. The molecule has 1 saturated heterocycles. The standard InChI is InChI=1S/C20H19ClF2N2O3/c1-12(13-5-3-2-4-6-13)25-11-14(9-18(25)26)19(27)24-15-7-8-17(16(21)10-15)28-20(22)23/h2-8,10,12,14,20H,9,11H2,1H3,(H,24,27)/t12-,14+/m1/s1. The van der Waals surface area contributed by atoms with E-state index in [-0.39, 0.29) is 35.0 Å². The molecule has 0 aromatic heterocycles. The molecule has 5 nitrogen and oxygen atoms in total. The molecule has 0 unspecified atom stereocenters. The van der Waals surface area contributed by atoms with Crippen LogP contribution in [0.2, 0.25) is 5.02 Å². The quantitative estimate of drug-likeness (QED) is 0.766. The number of anilines is 1. The highest BCUT2D eigenvalue weighted by atomic mass is 35.5. The van der Waals surface area contributed by atoms with Crippen molar-refractivity contribution in [2.75, 3.05) is 11.9 Å². The molecule has 2 amide bonds. The van der Waals surface area contributed by atoms with Gasteiger partial charge in [-0.3, -0.25) is 9.59 Å². The summed E-state index contributed by atoms with van der Waals surface area (Å²) in [7, 11) is 0. The monoisotopic (exact) mass is 408 g/mol. The van der Waals surface area contributed by atoms with Gasteiger partial charge in [0, 0.05) is 18.7 Å². The summed E-state index contributed by atoms with van der Waals surface area (Å²) in [4.78, 5) is 26.6. The van der Waals surface area contributed by atoms with Crippen LogP contribution in [-0.2, 0) is 9.59 Å². The number of alkyl halides is 2. The number of carbonyl (C=O) groups excluding carboxylic acids is 2. The highest BCUT2D eigenvalue weighted by Crippen LogP contribution is 2.31. The summed E-state index contributed by atoms with van der Waals surface area (Å²) in [6.45, 7) is -0.754. The van der Waals surface area contributed by atoms with Crippen molar-refractivity contribution in [1.29, 1.82) is 0 Å². The van der Waals surface area contributed by atoms with Gasteiger partial charge in [0.1, 0.15) is 5.75 Å². The van der Waals surface area contributed by atoms with E-state index in [0.717, 1.165) is 5.56 Å². The predicted octanol–water partition coefficient (Wildman–Crippen LogP) is 4.49. The summed E-state index contributed by atoms with van der Waals surface area (Å²) < 4.78 is 28.9. The van der Waals surface area contributed by atoms with Gasteiger partial charge in [-0.15, -0.1) is 0 Å². The minimum Gasteiger partial charge on any atom is -0.433 e. The van der Waals surface area contributed by atoms with Crippen LogP contribution in [0.4, 0.5) is 14.5 Å². The molecule has 148 valence electrons. The highest BCUT2D eigenvalue weighted by molar-refractivity contribution is 6.32. The molecular weight excluding hydrogens is 390 g/mol. The molecule has 2 aromatic carbocycles. The maximum atomic E-state index is 12.6. The predicted molar refractivity (Wildman–Crippen MR) is 101 cm³/mol. The SMILES string of the molecule is C[C@H](c1ccccc1)N1C[C@@H](C(=O)Nc2ccc(OC(F)F)c(Cl)c2)CC1=O. The smallest absolute Gasteiger partial charge is 0.387 e. The normalized spacial score (nSPS) is 17.7. The summed E-state index contributed by atoms with van der Waals surface area (Å²) in [6.07, 6.45) is 0.114. The average Bonchev–Trinajstić information content (AvgIpc) is 3.05. The fraction of sp³-hybridized carbons (Fsp3) is 0.300. The van der Waals surface area contributed by atoms with Crippen molar-refractivity contribution < 1.29 is 23.1 Å². The molecule has 2 atom stereocenters. The third kappa shape index (κ3) is 4.59. The van der Waals surface area contributed by atoms with E-state index in [0.29, 0.717) is 12.2 Å². The lowest BCUT2D eigenvalue weighted by Gasteiger charge is -2.25. The number of likely N-dealkylation sites (tertiary alicyclic amines) is 1. The van der Waals surface area contributed by atoms with Crippen molar-refractivity contribution in [1.82, 2.24) is 4.90 Å². The van der Waals surface area contributed by atoms with E-state index in [1.807, 2.05) is 37.3 Å². The first-order valence-electron chi connectivity index (χ1n) is 8.74. The van der Waals surface area contributed by atoms with Crippen LogP contribution in [0.3, 0.4) is 0 Å². The average molecular weight is 409 g/mol. The number of rotatable bonds is 6. The Balaban J connectivity index is 1.64. The van der Waals surface area contributed by atoms with Gasteiger partial charge in [0.15, 0.2) is 0 Å². The third-order valence-corrected chi connectivity index (χ3v) is 4.99. The van der Waals surface area contributed by atoms with Crippen LogP contribution in [0, 0.1) is 5.92 Å². The van der Waals surface area contributed by atoms with Crippen LogP contribution >= 0.6 is 11.6 Å². The molecule has 1 fully saturated rings. The summed E-state index contributed by atoms with van der Waals surface area (Å²) in [5, 5.41) is 2.64. The van der Waals surface area contributed by atoms with Crippen molar-refractivity contribution in [2.24, 2.45) is 5.92 Å². The number of halogens is 3. The van der Waals surface area contributed by atoms with Crippen LogP contribution in [0.5, 0.6) is 5.75 Å². The number of hydrogen-bond acceptors (Lipinski definition) is 3. The minimum absolute atomic E-state index is 0.0417. The Morgan fingerprint density at radius 1 is 1.25 bits per heavy atom. The van der Waals surface area contributed by atoms with Crippen LogP contribution < -0.4 is 10.1 Å². The number of nitrogens with zero attached hydrogens (tertiary/aromatic N) is 1. The van der Waals surface area contributed by atoms with Gasteiger partial charge in [-0.2, -0.15) is 8.78 Å². The fourth-order valence-electron chi connectivity index (χ4n) is 3.21. The van der Waals surface area contributed by atoms with Crippen LogP contribution in [0.1, 0.15) is 24.9 Å². The Morgan fingerprint density at radius 3 is 2.61 bits per heavy atom. The zero-order valence-corrected chi connectivity index (χ0v) is 15.8. The number of carbonyl (C=O) groups is 2. The lowest BCUT2D eigenvalue weighted by Crippen LogP contribution is -2.30. The molecular formula is C20H19ClF2N2O3. The summed E-state index contributed by atoms with van der Waals surface area (Å²) in [5.41, 5.74) is 1.34. The molecule has 0 radical (unpaired) electrons. The maximum absolute atomic E-state index is 12.6. The molecule has 0 spiro atoms. The van der Waals surface area contributed by atoms with Gasteiger partial charge in [0.05, 0.1) is 17.0 Å². The second-order valence-electron chi connectivity index (χ2n) is 6.55. The van der Waals surface area contributed by atoms with E-state index in [2.05, 4.69) is 10.1 Å². The zero-order chi connectivity index (χ0) is 20.3. The molecule has 2 aromatic rings. The third-order valence-electron chi connectivity index (χ3n) is 4.69. The van der Waals surface area contributed by atoms with Gasteiger partial charge in [-0.05, 0) is 30.7 Å². The van der Waals surface area contributed by atoms with Gasteiger partial charge in [0.25, 0.3) is 0 Å². The second kappa shape index (κ2) is 8.56. The number of amides is 2. The fourth-order valence-corrected chi connectivity index (χ4v) is 3.43. The van der Waals surface area contributed by atoms with E-state index in [9.17, 15) is 18.4 Å². The first-order valence-corrected chi connectivity index (χ1v) is 9.12. The first kappa shape index (κ1) is 20.1. The van der Waals surface area contributed by atoms with Crippen molar-refractivity contribution in [2.45, 2.75) is 26.0 Å². The molecule has 8 heteroatoms. The summed E-state index contributed by atoms with van der Waals surface area (Å²) >= 11 is 5.90. The van der Waals surface area contributed by atoms with Crippen LogP contribution in [-0.4, -0.2) is 29.9 Å². The molecule has 28 heavy (non-hydrogen) atoms. The van der Waals surface area contributed by atoms with Crippen LogP contribution in [0.15, 0.2) is 48.5 Å². The molecule has 3 rings (SSSR count). The zero-order valence-electron chi connectivity index (χ0n) is 15.1. The Hall–Kier alpha value is -2.67. The van der Waals surface area contributed by atoms with Gasteiger partial charge < -0.3 is 15.0 Å². The highest BCUT2D eigenvalue weighted by Gasteiger charge is 2.37. The minimum atomic E-state index is -2.99. The molecule has 1 heterocycles. The van der Waals surface area contributed by atoms with E-state index < -0.39 is 12.5 Å². The van der Waals surface area contributed by atoms with Crippen molar-refractivity contribution in [3.63, 3.8) is 0 Å². The van der Waals surface area contributed by atoms with Gasteiger partial charge in [0.2, 0.25) is 11.8 Å². The van der Waals surface area contributed by atoms with Crippen molar-refractivity contribution in [3.8, 4) is 5.75 Å². The van der Waals surface area contributed by atoms with Gasteiger partial charge in [-0.25, -0.2) is 0 Å².